The number of nitrogens with zero attached hydrogens (tertiary/aromatic N) is 1. The molecule has 0 radical (unpaired) electrons. The summed E-state index contributed by atoms with van der Waals surface area (Å²) in [6.45, 7) is 4.34. The lowest BCUT2D eigenvalue weighted by Crippen LogP contribution is -2.53. The molecule has 0 aromatic heterocycles. The van der Waals surface area contributed by atoms with Crippen molar-refractivity contribution >= 4 is 41.5 Å². The number of hydrogen-bond acceptors (Lipinski definition) is 3. The topological polar surface area (TPSA) is 41.6 Å². The van der Waals surface area contributed by atoms with E-state index in [0.29, 0.717) is 22.3 Å². The van der Waals surface area contributed by atoms with E-state index in [9.17, 15) is 4.79 Å². The Hall–Kier alpha value is -0.680. The van der Waals surface area contributed by atoms with E-state index in [4.69, 9.17) is 27.9 Å². The summed E-state index contributed by atoms with van der Waals surface area (Å²) in [5.74, 6) is 0.447. The van der Waals surface area contributed by atoms with Gasteiger partial charge in [-0.2, -0.15) is 0 Å². The molecule has 0 spiro atoms. The number of carbonyl (C=O) groups is 1. The second kappa shape index (κ2) is 7.93. The van der Waals surface area contributed by atoms with Gasteiger partial charge in [0.15, 0.2) is 6.61 Å². The van der Waals surface area contributed by atoms with Gasteiger partial charge in [-0.1, -0.05) is 23.2 Å². The number of carbonyl (C=O) groups excluding carboxylic acids is 1. The number of amides is 1. The molecular formula is C13H17Cl3N2O2. The fourth-order valence-corrected chi connectivity index (χ4v) is 2.49. The Labute approximate surface area is 134 Å². The molecule has 4 nitrogen and oxygen atoms in total. The van der Waals surface area contributed by atoms with Crippen LogP contribution in [-0.4, -0.2) is 43.1 Å². The third-order valence-corrected chi connectivity index (χ3v) is 3.60. The van der Waals surface area contributed by atoms with Crippen molar-refractivity contribution in [3.8, 4) is 5.75 Å². The Morgan fingerprint density at radius 3 is 2.90 bits per heavy atom. The molecule has 0 bridgehead atoms. The first-order chi connectivity index (χ1) is 9.08. The third-order valence-electron chi connectivity index (χ3n) is 3.07. The van der Waals surface area contributed by atoms with E-state index in [1.165, 1.54) is 0 Å². The Morgan fingerprint density at radius 2 is 2.25 bits per heavy atom. The first kappa shape index (κ1) is 17.4. The maximum atomic E-state index is 12.1. The van der Waals surface area contributed by atoms with Gasteiger partial charge in [0.2, 0.25) is 0 Å². The predicted molar refractivity (Wildman–Crippen MR) is 83.2 cm³/mol. The summed E-state index contributed by atoms with van der Waals surface area (Å²) in [5, 5.41) is 4.19. The molecule has 1 aromatic carbocycles. The fraction of sp³-hybridized carbons (Fsp3) is 0.462. The summed E-state index contributed by atoms with van der Waals surface area (Å²) in [5.41, 5.74) is 0. The molecule has 1 heterocycles. The van der Waals surface area contributed by atoms with Crippen LogP contribution >= 0.6 is 35.6 Å². The van der Waals surface area contributed by atoms with Crippen LogP contribution in [-0.2, 0) is 4.79 Å². The predicted octanol–water partition coefficient (Wildman–Crippen LogP) is 2.61. The quantitative estimate of drug-likeness (QED) is 0.920. The number of halogens is 3. The maximum Gasteiger partial charge on any atom is 0.260 e. The number of hydrogen-bond donors (Lipinski definition) is 1. The van der Waals surface area contributed by atoms with Crippen molar-refractivity contribution in [3.05, 3.63) is 28.2 Å². The van der Waals surface area contributed by atoms with E-state index in [1.807, 2.05) is 11.8 Å². The molecule has 20 heavy (non-hydrogen) atoms. The SMILES string of the molecule is CC1CNCCN1C(=O)COc1ccc(Cl)cc1Cl.Cl. The van der Waals surface area contributed by atoms with Crippen molar-refractivity contribution in [2.75, 3.05) is 26.2 Å². The Morgan fingerprint density at radius 1 is 1.50 bits per heavy atom. The summed E-state index contributed by atoms with van der Waals surface area (Å²) >= 11 is 11.8. The molecule has 1 N–H and O–H groups in total. The molecule has 1 fully saturated rings. The van der Waals surface area contributed by atoms with Gasteiger partial charge in [-0.25, -0.2) is 0 Å². The number of benzene rings is 1. The molecule has 2 rings (SSSR count). The zero-order valence-corrected chi connectivity index (χ0v) is 13.4. The molecule has 1 saturated heterocycles. The summed E-state index contributed by atoms with van der Waals surface area (Å²) in [6.07, 6.45) is 0. The van der Waals surface area contributed by atoms with Crippen molar-refractivity contribution in [1.82, 2.24) is 10.2 Å². The Balaban J connectivity index is 0.00000200. The lowest BCUT2D eigenvalue weighted by Gasteiger charge is -2.33. The van der Waals surface area contributed by atoms with E-state index < -0.39 is 0 Å². The molecule has 112 valence electrons. The van der Waals surface area contributed by atoms with Gasteiger partial charge >= 0.3 is 0 Å². The number of nitrogens with one attached hydrogen (secondary N) is 1. The molecule has 1 aliphatic rings. The van der Waals surface area contributed by atoms with Gasteiger partial charge in [0.25, 0.3) is 5.91 Å². The second-order valence-corrected chi connectivity index (χ2v) is 5.35. The highest BCUT2D eigenvalue weighted by molar-refractivity contribution is 6.35. The van der Waals surface area contributed by atoms with Crippen LogP contribution in [0.2, 0.25) is 10.0 Å². The van der Waals surface area contributed by atoms with Crippen LogP contribution in [0.4, 0.5) is 0 Å². The van der Waals surface area contributed by atoms with Crippen molar-refractivity contribution in [1.29, 1.82) is 0 Å². The van der Waals surface area contributed by atoms with Crippen LogP contribution in [0.25, 0.3) is 0 Å². The van der Waals surface area contributed by atoms with Gasteiger partial charge < -0.3 is 15.0 Å². The van der Waals surface area contributed by atoms with Gasteiger partial charge in [0, 0.05) is 30.7 Å². The van der Waals surface area contributed by atoms with Gasteiger partial charge in [-0.05, 0) is 25.1 Å². The summed E-state index contributed by atoms with van der Waals surface area (Å²) in [6, 6.07) is 5.13. The van der Waals surface area contributed by atoms with Crippen LogP contribution in [0, 0.1) is 0 Å². The molecule has 7 heteroatoms. The number of ether oxygens (including phenoxy) is 1. The first-order valence-corrected chi connectivity index (χ1v) is 6.91. The average Bonchev–Trinajstić information content (AvgIpc) is 2.38. The van der Waals surface area contributed by atoms with Crippen molar-refractivity contribution in [2.45, 2.75) is 13.0 Å². The Kier molecular flexibility index (Phi) is 6.89. The van der Waals surface area contributed by atoms with Crippen LogP contribution < -0.4 is 10.1 Å². The van der Waals surface area contributed by atoms with E-state index >= 15 is 0 Å². The molecule has 1 amide bonds. The molecule has 1 atom stereocenters. The minimum Gasteiger partial charge on any atom is -0.482 e. The van der Waals surface area contributed by atoms with E-state index in [-0.39, 0.29) is 31.0 Å². The van der Waals surface area contributed by atoms with Crippen molar-refractivity contribution in [2.24, 2.45) is 0 Å². The van der Waals surface area contributed by atoms with Crippen LogP contribution in [0.3, 0.4) is 0 Å². The molecule has 1 aliphatic heterocycles. The molecule has 0 saturated carbocycles. The lowest BCUT2D eigenvalue weighted by atomic mass is 10.2. The minimum absolute atomic E-state index is 0. The van der Waals surface area contributed by atoms with Gasteiger partial charge in [-0.15, -0.1) is 12.4 Å². The summed E-state index contributed by atoms with van der Waals surface area (Å²) < 4.78 is 5.45. The van der Waals surface area contributed by atoms with Crippen LogP contribution in [0.5, 0.6) is 5.75 Å². The molecule has 1 aromatic rings. The smallest absolute Gasteiger partial charge is 0.260 e. The largest absolute Gasteiger partial charge is 0.482 e. The van der Waals surface area contributed by atoms with Gasteiger partial charge in [0.05, 0.1) is 5.02 Å². The number of piperazine rings is 1. The fourth-order valence-electron chi connectivity index (χ4n) is 2.03. The van der Waals surface area contributed by atoms with E-state index in [0.717, 1.165) is 13.1 Å². The van der Waals surface area contributed by atoms with Crippen molar-refractivity contribution < 1.29 is 9.53 Å². The van der Waals surface area contributed by atoms with Gasteiger partial charge in [0.1, 0.15) is 5.75 Å². The summed E-state index contributed by atoms with van der Waals surface area (Å²) in [7, 11) is 0. The van der Waals surface area contributed by atoms with Gasteiger partial charge in [-0.3, -0.25) is 4.79 Å². The number of rotatable bonds is 3. The zero-order chi connectivity index (χ0) is 13.8. The van der Waals surface area contributed by atoms with Crippen LogP contribution in [0.15, 0.2) is 18.2 Å². The monoisotopic (exact) mass is 338 g/mol. The minimum atomic E-state index is -0.0278. The first-order valence-electron chi connectivity index (χ1n) is 6.16. The van der Waals surface area contributed by atoms with Crippen LogP contribution in [0.1, 0.15) is 6.92 Å². The summed E-state index contributed by atoms with van der Waals surface area (Å²) in [4.78, 5) is 13.9. The average molecular weight is 340 g/mol. The molecular weight excluding hydrogens is 323 g/mol. The standard InChI is InChI=1S/C13H16Cl2N2O2.ClH/c1-9-7-16-4-5-17(9)13(18)8-19-12-3-2-10(14)6-11(12)15;/h2-3,6,9,16H,4-5,7-8H2,1H3;1H. The maximum absolute atomic E-state index is 12.1. The third kappa shape index (κ3) is 4.42. The highest BCUT2D eigenvalue weighted by Gasteiger charge is 2.23. The lowest BCUT2D eigenvalue weighted by molar-refractivity contribution is -0.136. The van der Waals surface area contributed by atoms with E-state index in [1.54, 1.807) is 18.2 Å². The second-order valence-electron chi connectivity index (χ2n) is 4.50. The van der Waals surface area contributed by atoms with E-state index in [2.05, 4.69) is 5.32 Å². The highest BCUT2D eigenvalue weighted by atomic mass is 35.5. The Bertz CT molecular complexity index is 471. The van der Waals surface area contributed by atoms with Crippen molar-refractivity contribution in [3.63, 3.8) is 0 Å². The molecule has 0 aliphatic carbocycles. The molecule has 1 unspecified atom stereocenters. The highest BCUT2D eigenvalue weighted by Crippen LogP contribution is 2.27. The normalized spacial score (nSPS) is 18.4. The zero-order valence-electron chi connectivity index (χ0n) is 11.1.